The number of amides is 2. The third-order valence-electron chi connectivity index (χ3n) is 4.68. The van der Waals surface area contributed by atoms with Gasteiger partial charge in [-0.1, -0.05) is 34.4 Å². The van der Waals surface area contributed by atoms with E-state index in [9.17, 15) is 4.79 Å². The van der Waals surface area contributed by atoms with Gasteiger partial charge in [-0.05, 0) is 55.3 Å². The van der Waals surface area contributed by atoms with Crippen LogP contribution in [0.2, 0.25) is 10.0 Å². The van der Waals surface area contributed by atoms with E-state index >= 15 is 0 Å². The summed E-state index contributed by atoms with van der Waals surface area (Å²) in [5.41, 5.74) is 1.51. The molecule has 8 heteroatoms. The fourth-order valence-corrected chi connectivity index (χ4v) is 3.57. The molecule has 2 heterocycles. The lowest BCUT2D eigenvalue weighted by molar-refractivity contribution is 0.184. The van der Waals surface area contributed by atoms with Crippen LogP contribution in [0.4, 0.5) is 10.5 Å². The first-order valence-electron chi connectivity index (χ1n) is 8.99. The molecule has 6 nitrogen and oxygen atoms in total. The summed E-state index contributed by atoms with van der Waals surface area (Å²) in [7, 11) is 0. The van der Waals surface area contributed by atoms with Crippen molar-refractivity contribution < 1.29 is 9.32 Å². The summed E-state index contributed by atoms with van der Waals surface area (Å²) in [4.78, 5) is 18.9. The number of halogens is 2. The van der Waals surface area contributed by atoms with Gasteiger partial charge in [-0.25, -0.2) is 4.79 Å². The van der Waals surface area contributed by atoms with E-state index in [2.05, 4.69) is 15.5 Å². The van der Waals surface area contributed by atoms with Gasteiger partial charge in [-0.15, -0.1) is 0 Å². The highest BCUT2D eigenvalue weighted by Crippen LogP contribution is 2.28. The van der Waals surface area contributed by atoms with Crippen LogP contribution in [0.1, 0.15) is 24.7 Å². The van der Waals surface area contributed by atoms with Gasteiger partial charge in [0, 0.05) is 34.4 Å². The maximum atomic E-state index is 12.6. The fraction of sp³-hybridized carbons (Fsp3) is 0.250. The molecule has 1 aliphatic rings. The highest BCUT2D eigenvalue weighted by molar-refractivity contribution is 6.31. The Kier molecular flexibility index (Phi) is 5.50. The van der Waals surface area contributed by atoms with Crippen LogP contribution < -0.4 is 5.32 Å². The predicted octanol–water partition coefficient (Wildman–Crippen LogP) is 5.45. The molecular weight excluding hydrogens is 399 g/mol. The summed E-state index contributed by atoms with van der Waals surface area (Å²) in [6.07, 6.45) is 1.76. The lowest BCUT2D eigenvalue weighted by Gasteiger charge is -2.31. The lowest BCUT2D eigenvalue weighted by Crippen LogP contribution is -2.41. The van der Waals surface area contributed by atoms with Gasteiger partial charge in [0.2, 0.25) is 11.7 Å². The van der Waals surface area contributed by atoms with E-state index in [4.69, 9.17) is 27.7 Å². The molecule has 1 aromatic heterocycles. The average Bonchev–Trinajstić information content (AvgIpc) is 3.19. The molecule has 0 bridgehead atoms. The summed E-state index contributed by atoms with van der Waals surface area (Å²) >= 11 is 11.9. The van der Waals surface area contributed by atoms with Crippen LogP contribution in [0.15, 0.2) is 53.1 Å². The van der Waals surface area contributed by atoms with Gasteiger partial charge >= 0.3 is 6.03 Å². The largest absolute Gasteiger partial charge is 0.339 e. The molecule has 0 saturated carbocycles. The minimum Gasteiger partial charge on any atom is -0.339 e. The number of hydrogen-bond acceptors (Lipinski definition) is 4. The topological polar surface area (TPSA) is 71.3 Å². The van der Waals surface area contributed by atoms with Gasteiger partial charge in [0.25, 0.3) is 0 Å². The van der Waals surface area contributed by atoms with Crippen LogP contribution in [0.3, 0.4) is 0 Å². The number of hydrogen-bond donors (Lipinski definition) is 1. The number of piperidine rings is 1. The molecule has 0 unspecified atom stereocenters. The number of carbonyl (C=O) groups excluding carboxylic acids is 1. The van der Waals surface area contributed by atoms with Crippen molar-refractivity contribution in [2.75, 3.05) is 18.4 Å². The number of anilines is 1. The summed E-state index contributed by atoms with van der Waals surface area (Å²) in [6, 6.07) is 14.2. The van der Waals surface area contributed by atoms with Gasteiger partial charge < -0.3 is 14.7 Å². The first kappa shape index (κ1) is 18.8. The zero-order valence-corrected chi connectivity index (χ0v) is 16.5. The van der Waals surface area contributed by atoms with Gasteiger partial charge in [0.05, 0.1) is 5.92 Å². The van der Waals surface area contributed by atoms with E-state index in [0.717, 1.165) is 18.4 Å². The number of nitrogens with zero attached hydrogens (tertiary/aromatic N) is 3. The molecule has 2 amide bonds. The third kappa shape index (κ3) is 4.29. The number of carbonyl (C=O) groups is 1. The molecule has 144 valence electrons. The Hall–Kier alpha value is -2.57. The van der Waals surface area contributed by atoms with E-state index in [1.165, 1.54) is 0 Å². The highest BCUT2D eigenvalue weighted by atomic mass is 35.5. The second-order valence-electron chi connectivity index (χ2n) is 6.69. The molecule has 28 heavy (non-hydrogen) atoms. The number of rotatable bonds is 3. The van der Waals surface area contributed by atoms with Crippen LogP contribution in [-0.2, 0) is 0 Å². The van der Waals surface area contributed by atoms with Crippen molar-refractivity contribution in [1.82, 2.24) is 15.0 Å². The van der Waals surface area contributed by atoms with Crippen LogP contribution in [-0.4, -0.2) is 34.2 Å². The Morgan fingerprint density at radius 3 is 2.75 bits per heavy atom. The Balaban J connectivity index is 1.43. The van der Waals surface area contributed by atoms with E-state index in [1.807, 2.05) is 18.2 Å². The van der Waals surface area contributed by atoms with Crippen molar-refractivity contribution in [3.63, 3.8) is 0 Å². The van der Waals surface area contributed by atoms with Crippen LogP contribution in [0, 0.1) is 0 Å². The first-order valence-corrected chi connectivity index (χ1v) is 9.75. The van der Waals surface area contributed by atoms with E-state index in [1.54, 1.807) is 35.2 Å². The molecule has 0 aliphatic carbocycles. The Morgan fingerprint density at radius 2 is 1.96 bits per heavy atom. The molecule has 3 aromatic rings. The molecule has 0 spiro atoms. The highest BCUT2D eigenvalue weighted by Gasteiger charge is 2.28. The molecule has 2 aromatic carbocycles. The number of benzene rings is 2. The van der Waals surface area contributed by atoms with E-state index < -0.39 is 0 Å². The van der Waals surface area contributed by atoms with Gasteiger partial charge in [0.1, 0.15) is 0 Å². The fourth-order valence-electron chi connectivity index (χ4n) is 3.25. The number of likely N-dealkylation sites (tertiary alicyclic amines) is 1. The predicted molar refractivity (Wildman–Crippen MR) is 109 cm³/mol. The van der Waals surface area contributed by atoms with Gasteiger partial charge in [-0.2, -0.15) is 4.98 Å². The van der Waals surface area contributed by atoms with Crippen molar-refractivity contribution in [3.05, 3.63) is 64.5 Å². The zero-order valence-electron chi connectivity index (χ0n) is 14.9. The zero-order chi connectivity index (χ0) is 19.5. The molecule has 1 atom stereocenters. The lowest BCUT2D eigenvalue weighted by atomic mass is 9.98. The number of nitrogens with one attached hydrogen (secondary N) is 1. The smallest absolute Gasteiger partial charge is 0.321 e. The standard InChI is InChI=1S/C20H18Cl2N4O2/c21-15-8-6-13(7-9-15)18-24-19(28-25-18)14-3-2-10-26(12-14)20(27)23-17-5-1-4-16(22)11-17/h1,4-9,11,14H,2-3,10,12H2,(H,23,27)/t14-/m1/s1. The number of aromatic nitrogens is 2. The summed E-state index contributed by atoms with van der Waals surface area (Å²) in [5.74, 6) is 1.07. The molecular formula is C20H18Cl2N4O2. The van der Waals surface area contributed by atoms with Crippen molar-refractivity contribution >= 4 is 34.9 Å². The van der Waals surface area contributed by atoms with Crippen molar-refractivity contribution in [3.8, 4) is 11.4 Å². The first-order chi connectivity index (χ1) is 13.6. The second kappa shape index (κ2) is 8.20. The molecule has 4 rings (SSSR count). The maximum absolute atomic E-state index is 12.6. The van der Waals surface area contributed by atoms with Crippen molar-refractivity contribution in [1.29, 1.82) is 0 Å². The molecule has 1 saturated heterocycles. The van der Waals surface area contributed by atoms with Crippen LogP contribution >= 0.6 is 23.2 Å². The van der Waals surface area contributed by atoms with Crippen molar-refractivity contribution in [2.45, 2.75) is 18.8 Å². The van der Waals surface area contributed by atoms with Crippen LogP contribution in [0.25, 0.3) is 11.4 Å². The normalized spacial score (nSPS) is 16.8. The quantitative estimate of drug-likeness (QED) is 0.615. The third-order valence-corrected chi connectivity index (χ3v) is 5.16. The summed E-state index contributed by atoms with van der Waals surface area (Å²) in [6.45, 7) is 1.20. The monoisotopic (exact) mass is 416 g/mol. The minimum atomic E-state index is -0.163. The second-order valence-corrected chi connectivity index (χ2v) is 7.56. The Labute approximate surface area is 172 Å². The van der Waals surface area contributed by atoms with Crippen molar-refractivity contribution in [2.24, 2.45) is 0 Å². The SMILES string of the molecule is O=C(Nc1cccc(Cl)c1)N1CCC[C@@H](c2nc(-c3ccc(Cl)cc3)no2)C1. The van der Waals surface area contributed by atoms with E-state index in [0.29, 0.717) is 40.5 Å². The summed E-state index contributed by atoms with van der Waals surface area (Å²) in [5, 5.41) is 8.19. The number of urea groups is 1. The Morgan fingerprint density at radius 1 is 1.14 bits per heavy atom. The van der Waals surface area contributed by atoms with Gasteiger partial charge in [-0.3, -0.25) is 0 Å². The van der Waals surface area contributed by atoms with Gasteiger partial charge in [0.15, 0.2) is 0 Å². The molecule has 0 radical (unpaired) electrons. The minimum absolute atomic E-state index is 0.00686. The maximum Gasteiger partial charge on any atom is 0.321 e. The molecule has 1 aliphatic heterocycles. The average molecular weight is 417 g/mol. The van der Waals surface area contributed by atoms with Crippen LogP contribution in [0.5, 0.6) is 0 Å². The Bertz CT molecular complexity index is 974. The van der Waals surface area contributed by atoms with E-state index in [-0.39, 0.29) is 11.9 Å². The molecule has 1 N–H and O–H groups in total. The summed E-state index contributed by atoms with van der Waals surface area (Å²) < 4.78 is 5.48. The molecule has 1 fully saturated rings.